The van der Waals surface area contributed by atoms with Gasteiger partial charge in [-0.3, -0.25) is 10.1 Å². The van der Waals surface area contributed by atoms with Gasteiger partial charge in [-0.2, -0.15) is 10.1 Å². The van der Waals surface area contributed by atoms with Gasteiger partial charge in [0.05, 0.1) is 0 Å². The Balaban J connectivity index is 1.74. The first-order valence-corrected chi connectivity index (χ1v) is 5.39. The molecule has 90 valence electrons. The van der Waals surface area contributed by atoms with Crippen LogP contribution < -0.4 is 16.6 Å². The fourth-order valence-electron chi connectivity index (χ4n) is 1.42. The fourth-order valence-corrected chi connectivity index (χ4v) is 1.42. The highest BCUT2D eigenvalue weighted by molar-refractivity contribution is 5.38. The second-order valence-electron chi connectivity index (χ2n) is 3.46. The summed E-state index contributed by atoms with van der Waals surface area (Å²) in [6, 6.07) is 3.71. The Labute approximate surface area is 99.0 Å². The van der Waals surface area contributed by atoms with Gasteiger partial charge in [-0.15, -0.1) is 0 Å². The van der Waals surface area contributed by atoms with E-state index in [1.54, 1.807) is 18.5 Å². The predicted octanol–water partition coefficient (Wildman–Crippen LogP) is 0.461. The Morgan fingerprint density at radius 1 is 1.35 bits per heavy atom. The third-order valence-corrected chi connectivity index (χ3v) is 2.21. The SMILES string of the molecule is NNc1nccc(NCCCn2cccn2)n1. The number of nitrogens with two attached hydrogens (primary N) is 1. The molecule has 0 bridgehead atoms. The van der Waals surface area contributed by atoms with E-state index in [2.05, 4.69) is 25.8 Å². The van der Waals surface area contributed by atoms with Crippen LogP contribution in [-0.2, 0) is 6.54 Å². The first-order chi connectivity index (χ1) is 8.38. The van der Waals surface area contributed by atoms with Crippen molar-refractivity contribution in [2.45, 2.75) is 13.0 Å². The van der Waals surface area contributed by atoms with Crippen LogP contribution in [0.5, 0.6) is 0 Å². The van der Waals surface area contributed by atoms with Gasteiger partial charge < -0.3 is 5.32 Å². The molecule has 0 atom stereocenters. The van der Waals surface area contributed by atoms with E-state index >= 15 is 0 Å². The molecule has 4 N–H and O–H groups in total. The van der Waals surface area contributed by atoms with Crippen molar-refractivity contribution < 1.29 is 0 Å². The van der Waals surface area contributed by atoms with Gasteiger partial charge in [0.25, 0.3) is 0 Å². The summed E-state index contributed by atoms with van der Waals surface area (Å²) in [5.74, 6) is 6.39. The van der Waals surface area contributed by atoms with Crippen molar-refractivity contribution in [2.75, 3.05) is 17.3 Å². The quantitative estimate of drug-likeness (QED) is 0.381. The molecular weight excluding hydrogens is 218 g/mol. The molecule has 17 heavy (non-hydrogen) atoms. The first-order valence-electron chi connectivity index (χ1n) is 5.39. The van der Waals surface area contributed by atoms with Crippen LogP contribution in [0.25, 0.3) is 0 Å². The monoisotopic (exact) mass is 233 g/mol. The Hall–Kier alpha value is -2.15. The Morgan fingerprint density at radius 2 is 2.29 bits per heavy atom. The number of aromatic nitrogens is 4. The van der Waals surface area contributed by atoms with Gasteiger partial charge in [0, 0.05) is 31.7 Å². The summed E-state index contributed by atoms with van der Waals surface area (Å²) in [5, 5.41) is 7.32. The third kappa shape index (κ3) is 3.42. The molecule has 2 aromatic heterocycles. The second-order valence-corrected chi connectivity index (χ2v) is 3.46. The van der Waals surface area contributed by atoms with Gasteiger partial charge in [-0.1, -0.05) is 0 Å². The Bertz CT molecular complexity index is 440. The van der Waals surface area contributed by atoms with Crippen molar-refractivity contribution in [3.63, 3.8) is 0 Å². The largest absolute Gasteiger partial charge is 0.370 e. The summed E-state index contributed by atoms with van der Waals surface area (Å²) in [5.41, 5.74) is 2.40. The summed E-state index contributed by atoms with van der Waals surface area (Å²) in [4.78, 5) is 8.07. The van der Waals surface area contributed by atoms with Crippen LogP contribution in [-0.4, -0.2) is 26.3 Å². The van der Waals surface area contributed by atoms with Crippen molar-refractivity contribution in [3.05, 3.63) is 30.7 Å². The first kappa shape index (κ1) is 11.3. The van der Waals surface area contributed by atoms with Crippen molar-refractivity contribution in [3.8, 4) is 0 Å². The van der Waals surface area contributed by atoms with E-state index in [1.807, 2.05) is 16.9 Å². The minimum Gasteiger partial charge on any atom is -0.370 e. The summed E-state index contributed by atoms with van der Waals surface area (Å²) in [7, 11) is 0. The summed E-state index contributed by atoms with van der Waals surface area (Å²) >= 11 is 0. The van der Waals surface area contributed by atoms with E-state index in [4.69, 9.17) is 5.84 Å². The van der Waals surface area contributed by atoms with E-state index in [9.17, 15) is 0 Å². The van der Waals surface area contributed by atoms with Crippen molar-refractivity contribution in [1.29, 1.82) is 0 Å². The zero-order valence-electron chi connectivity index (χ0n) is 9.37. The highest BCUT2D eigenvalue weighted by atomic mass is 15.3. The number of anilines is 2. The molecular formula is C10H15N7. The molecule has 0 saturated carbocycles. The lowest BCUT2D eigenvalue weighted by atomic mass is 10.4. The second kappa shape index (κ2) is 5.80. The smallest absolute Gasteiger partial charge is 0.239 e. The number of aryl methyl sites for hydroxylation is 1. The molecule has 0 aliphatic rings. The summed E-state index contributed by atoms with van der Waals surface area (Å²) in [6.07, 6.45) is 6.34. The standard InChI is InChI=1S/C10H15N7/c11-16-10-13-6-3-9(15-10)12-4-1-7-17-8-2-5-14-17/h2-3,5-6,8H,1,4,7,11H2,(H2,12,13,15,16). The number of nitrogens with one attached hydrogen (secondary N) is 2. The Kier molecular flexibility index (Phi) is 3.87. The van der Waals surface area contributed by atoms with E-state index in [1.165, 1.54) is 0 Å². The van der Waals surface area contributed by atoms with Crippen LogP contribution in [0.3, 0.4) is 0 Å². The molecule has 0 saturated heterocycles. The average molecular weight is 233 g/mol. The zero-order chi connectivity index (χ0) is 11.9. The lowest BCUT2D eigenvalue weighted by Crippen LogP contribution is -2.12. The van der Waals surface area contributed by atoms with E-state index in [-0.39, 0.29) is 0 Å². The van der Waals surface area contributed by atoms with E-state index in [0.717, 1.165) is 25.3 Å². The van der Waals surface area contributed by atoms with Crippen molar-refractivity contribution in [1.82, 2.24) is 19.7 Å². The average Bonchev–Trinajstić information content (AvgIpc) is 2.88. The molecule has 7 nitrogen and oxygen atoms in total. The summed E-state index contributed by atoms with van der Waals surface area (Å²) < 4.78 is 1.90. The molecule has 0 aliphatic heterocycles. The maximum Gasteiger partial charge on any atom is 0.239 e. The van der Waals surface area contributed by atoms with Crippen LogP contribution in [0, 0.1) is 0 Å². The zero-order valence-corrected chi connectivity index (χ0v) is 9.37. The van der Waals surface area contributed by atoms with Gasteiger partial charge in [-0.25, -0.2) is 10.8 Å². The number of hydrogen-bond acceptors (Lipinski definition) is 6. The van der Waals surface area contributed by atoms with Crippen LogP contribution >= 0.6 is 0 Å². The van der Waals surface area contributed by atoms with Gasteiger partial charge >= 0.3 is 0 Å². The van der Waals surface area contributed by atoms with Gasteiger partial charge in [0.15, 0.2) is 0 Å². The number of nitrogens with zero attached hydrogens (tertiary/aromatic N) is 4. The maximum atomic E-state index is 5.22. The fraction of sp³-hybridized carbons (Fsp3) is 0.300. The van der Waals surface area contributed by atoms with Crippen molar-refractivity contribution in [2.24, 2.45) is 5.84 Å². The molecule has 2 aromatic rings. The van der Waals surface area contributed by atoms with Gasteiger partial charge in [0.1, 0.15) is 5.82 Å². The Morgan fingerprint density at radius 3 is 3.06 bits per heavy atom. The number of hydrogen-bond donors (Lipinski definition) is 3. The van der Waals surface area contributed by atoms with Gasteiger partial charge in [-0.05, 0) is 18.6 Å². The van der Waals surface area contributed by atoms with Crippen molar-refractivity contribution >= 4 is 11.8 Å². The molecule has 0 fully saturated rings. The number of nitrogen functional groups attached to an aromatic ring is 1. The summed E-state index contributed by atoms with van der Waals surface area (Å²) in [6.45, 7) is 1.70. The molecule has 2 heterocycles. The molecule has 0 radical (unpaired) electrons. The van der Waals surface area contributed by atoms with Crippen LogP contribution in [0.15, 0.2) is 30.7 Å². The lowest BCUT2D eigenvalue weighted by molar-refractivity contribution is 0.591. The highest BCUT2D eigenvalue weighted by Crippen LogP contribution is 2.04. The number of rotatable bonds is 6. The minimum atomic E-state index is 0.405. The molecule has 0 amide bonds. The highest BCUT2D eigenvalue weighted by Gasteiger charge is 1.96. The normalized spacial score (nSPS) is 10.2. The third-order valence-electron chi connectivity index (χ3n) is 2.21. The van der Waals surface area contributed by atoms with E-state index in [0.29, 0.717) is 5.95 Å². The van der Waals surface area contributed by atoms with Crippen LogP contribution in [0.1, 0.15) is 6.42 Å². The van der Waals surface area contributed by atoms with E-state index < -0.39 is 0 Å². The molecule has 7 heteroatoms. The molecule has 0 aliphatic carbocycles. The minimum absolute atomic E-state index is 0.405. The van der Waals surface area contributed by atoms with Gasteiger partial charge in [0.2, 0.25) is 5.95 Å². The number of hydrazine groups is 1. The lowest BCUT2D eigenvalue weighted by Gasteiger charge is -2.06. The maximum absolute atomic E-state index is 5.22. The molecule has 0 aromatic carbocycles. The van der Waals surface area contributed by atoms with Crippen LogP contribution in [0.4, 0.5) is 11.8 Å². The predicted molar refractivity (Wildman–Crippen MR) is 65.2 cm³/mol. The molecule has 2 rings (SSSR count). The topological polar surface area (TPSA) is 93.7 Å². The molecule has 0 unspecified atom stereocenters. The molecule has 0 spiro atoms. The van der Waals surface area contributed by atoms with Crippen LogP contribution in [0.2, 0.25) is 0 Å².